The van der Waals surface area contributed by atoms with Crippen molar-refractivity contribution in [1.82, 2.24) is 4.98 Å². The maximum Gasteiger partial charge on any atom is 0.418 e. The Morgan fingerprint density at radius 2 is 1.94 bits per heavy atom. The molecule has 1 N–H and O–H groups in total. The number of pyridine rings is 1. The number of hydrogen-bond acceptors (Lipinski definition) is 2. The molecule has 0 atom stereocenters. The maximum atomic E-state index is 12.9. The van der Waals surface area contributed by atoms with E-state index in [2.05, 4.69) is 4.98 Å². The summed E-state index contributed by atoms with van der Waals surface area (Å²) in [6, 6.07) is 1.01. The van der Waals surface area contributed by atoms with Crippen LogP contribution in [0.25, 0.3) is 0 Å². The van der Waals surface area contributed by atoms with Gasteiger partial charge in [-0.25, -0.2) is 0 Å². The van der Waals surface area contributed by atoms with Crippen molar-refractivity contribution in [3.63, 3.8) is 0 Å². The number of hydrogen-bond donors (Lipinski definition) is 1. The van der Waals surface area contributed by atoms with Gasteiger partial charge in [-0.05, 0) is 24.5 Å². The normalized spacial score (nSPS) is 17.6. The van der Waals surface area contributed by atoms with Crippen molar-refractivity contribution >= 4 is 0 Å². The molecule has 1 aliphatic carbocycles. The minimum absolute atomic E-state index is 0.0839. The molecule has 0 bridgehead atoms. The first-order valence-corrected chi connectivity index (χ1v) is 5.69. The Morgan fingerprint density at radius 1 is 1.29 bits per heavy atom. The van der Waals surface area contributed by atoms with E-state index in [-0.39, 0.29) is 17.2 Å². The Balaban J connectivity index is 2.42. The van der Waals surface area contributed by atoms with E-state index in [1.165, 1.54) is 6.20 Å². The van der Waals surface area contributed by atoms with Crippen LogP contribution in [0.5, 0.6) is 0 Å². The summed E-state index contributed by atoms with van der Waals surface area (Å²) in [6.07, 6.45) is 0.416. The summed E-state index contributed by atoms with van der Waals surface area (Å²) in [5.41, 5.74) is -0.331. The van der Waals surface area contributed by atoms with Crippen LogP contribution in [0.4, 0.5) is 13.2 Å². The SMILES string of the molecule is OCc1cnc(C2CCCC2)c(C(F)(F)F)c1. The molecule has 1 saturated carbocycles. The lowest BCUT2D eigenvalue weighted by Gasteiger charge is -2.17. The Labute approximate surface area is 97.5 Å². The number of aliphatic hydroxyl groups is 1. The second-order valence-corrected chi connectivity index (χ2v) is 4.41. The lowest BCUT2D eigenvalue weighted by molar-refractivity contribution is -0.138. The summed E-state index contributed by atoms with van der Waals surface area (Å²) in [4.78, 5) is 3.92. The molecule has 5 heteroatoms. The Bertz CT molecular complexity index is 397. The first kappa shape index (κ1) is 12.4. The molecule has 94 valence electrons. The minimum atomic E-state index is -4.39. The molecule has 1 fully saturated rings. The molecule has 0 spiro atoms. The molecule has 1 aromatic rings. The first-order chi connectivity index (χ1) is 8.02. The summed E-state index contributed by atoms with van der Waals surface area (Å²) in [7, 11) is 0. The summed E-state index contributed by atoms with van der Waals surface area (Å²) in [6.45, 7) is -0.416. The van der Waals surface area contributed by atoms with Gasteiger partial charge < -0.3 is 5.11 Å². The van der Waals surface area contributed by atoms with E-state index >= 15 is 0 Å². The van der Waals surface area contributed by atoms with Crippen LogP contribution >= 0.6 is 0 Å². The van der Waals surface area contributed by atoms with Crippen molar-refractivity contribution in [2.24, 2.45) is 0 Å². The van der Waals surface area contributed by atoms with Crippen LogP contribution in [0.1, 0.15) is 48.4 Å². The fraction of sp³-hybridized carbons (Fsp3) is 0.583. The Morgan fingerprint density at radius 3 is 2.47 bits per heavy atom. The molecule has 0 radical (unpaired) electrons. The number of nitrogens with zero attached hydrogens (tertiary/aromatic N) is 1. The van der Waals surface area contributed by atoms with Crippen LogP contribution < -0.4 is 0 Å². The van der Waals surface area contributed by atoms with Gasteiger partial charge in [-0.1, -0.05) is 12.8 Å². The lowest BCUT2D eigenvalue weighted by Crippen LogP contribution is -2.13. The van der Waals surface area contributed by atoms with Gasteiger partial charge in [0.25, 0.3) is 0 Å². The molecule has 0 aliphatic heterocycles. The van der Waals surface area contributed by atoms with Gasteiger partial charge in [0.05, 0.1) is 17.9 Å². The van der Waals surface area contributed by atoms with E-state index in [0.29, 0.717) is 0 Å². The quantitative estimate of drug-likeness (QED) is 0.867. The average molecular weight is 245 g/mol. The van der Waals surface area contributed by atoms with Crippen molar-refractivity contribution < 1.29 is 18.3 Å². The number of alkyl halides is 3. The van der Waals surface area contributed by atoms with Gasteiger partial charge in [-0.2, -0.15) is 13.2 Å². The second-order valence-electron chi connectivity index (χ2n) is 4.41. The van der Waals surface area contributed by atoms with Gasteiger partial charge in [-0.15, -0.1) is 0 Å². The van der Waals surface area contributed by atoms with E-state index in [1.807, 2.05) is 0 Å². The number of halogens is 3. The third-order valence-electron chi connectivity index (χ3n) is 3.20. The van der Waals surface area contributed by atoms with Crippen molar-refractivity contribution in [3.05, 3.63) is 29.1 Å². The van der Waals surface area contributed by atoms with Gasteiger partial charge in [0, 0.05) is 12.1 Å². The monoisotopic (exact) mass is 245 g/mol. The topological polar surface area (TPSA) is 33.1 Å². The van der Waals surface area contributed by atoms with Crippen molar-refractivity contribution in [3.8, 4) is 0 Å². The highest BCUT2D eigenvalue weighted by Gasteiger charge is 2.37. The third kappa shape index (κ3) is 2.60. The van der Waals surface area contributed by atoms with Gasteiger partial charge in [-0.3, -0.25) is 4.98 Å². The number of aromatic nitrogens is 1. The fourth-order valence-electron chi connectivity index (χ4n) is 2.36. The highest BCUT2D eigenvalue weighted by molar-refractivity contribution is 5.30. The zero-order valence-electron chi connectivity index (χ0n) is 9.30. The Hall–Kier alpha value is -1.10. The molecule has 1 aromatic heterocycles. The highest BCUT2D eigenvalue weighted by Crippen LogP contribution is 2.40. The summed E-state index contributed by atoms with van der Waals surface area (Å²) >= 11 is 0. The van der Waals surface area contributed by atoms with Gasteiger partial charge in [0.1, 0.15) is 0 Å². The molecule has 0 aromatic carbocycles. The molecule has 17 heavy (non-hydrogen) atoms. The van der Waals surface area contributed by atoms with E-state index < -0.39 is 18.3 Å². The molecule has 1 aliphatic rings. The van der Waals surface area contributed by atoms with Gasteiger partial charge >= 0.3 is 6.18 Å². The van der Waals surface area contributed by atoms with E-state index in [9.17, 15) is 13.2 Å². The fourth-order valence-corrected chi connectivity index (χ4v) is 2.36. The van der Waals surface area contributed by atoms with Crippen LogP contribution in [0.3, 0.4) is 0 Å². The summed E-state index contributed by atoms with van der Waals surface area (Å²) in [5, 5.41) is 8.88. The van der Waals surface area contributed by atoms with Crippen LogP contribution in [-0.4, -0.2) is 10.1 Å². The van der Waals surface area contributed by atoms with Gasteiger partial charge in [0.2, 0.25) is 0 Å². The molecule has 2 rings (SSSR count). The lowest BCUT2D eigenvalue weighted by atomic mass is 9.97. The first-order valence-electron chi connectivity index (χ1n) is 5.69. The summed E-state index contributed by atoms with van der Waals surface area (Å²) < 4.78 is 38.7. The Kier molecular flexibility index (Phi) is 3.38. The smallest absolute Gasteiger partial charge is 0.392 e. The second kappa shape index (κ2) is 4.64. The predicted octanol–water partition coefficient (Wildman–Crippen LogP) is 3.25. The van der Waals surface area contributed by atoms with E-state index in [0.717, 1.165) is 31.7 Å². The third-order valence-corrected chi connectivity index (χ3v) is 3.20. The van der Waals surface area contributed by atoms with Crippen molar-refractivity contribution in [2.75, 3.05) is 0 Å². The van der Waals surface area contributed by atoms with Crippen molar-refractivity contribution in [1.29, 1.82) is 0 Å². The van der Waals surface area contributed by atoms with Crippen LogP contribution in [0.2, 0.25) is 0 Å². The zero-order valence-corrected chi connectivity index (χ0v) is 9.30. The molecule has 0 saturated heterocycles. The molecule has 1 heterocycles. The average Bonchev–Trinajstić information content (AvgIpc) is 2.80. The largest absolute Gasteiger partial charge is 0.418 e. The predicted molar refractivity (Wildman–Crippen MR) is 56.4 cm³/mol. The maximum absolute atomic E-state index is 12.9. The highest BCUT2D eigenvalue weighted by atomic mass is 19.4. The van der Waals surface area contributed by atoms with E-state index in [4.69, 9.17) is 5.11 Å². The zero-order chi connectivity index (χ0) is 12.5. The standard InChI is InChI=1S/C12H14F3NO/c13-12(14,15)10-5-8(7-17)6-16-11(10)9-3-1-2-4-9/h5-6,9,17H,1-4,7H2. The molecular formula is C12H14F3NO. The minimum Gasteiger partial charge on any atom is -0.392 e. The number of aliphatic hydroxyl groups excluding tert-OH is 1. The summed E-state index contributed by atoms with van der Waals surface area (Å²) in [5.74, 6) is -0.0839. The molecular weight excluding hydrogens is 231 g/mol. The molecule has 0 unspecified atom stereocenters. The van der Waals surface area contributed by atoms with E-state index in [1.54, 1.807) is 0 Å². The molecule has 0 amide bonds. The van der Waals surface area contributed by atoms with Crippen LogP contribution in [0.15, 0.2) is 12.3 Å². The van der Waals surface area contributed by atoms with Crippen LogP contribution in [0, 0.1) is 0 Å². The molecule has 2 nitrogen and oxygen atoms in total. The van der Waals surface area contributed by atoms with Crippen LogP contribution in [-0.2, 0) is 12.8 Å². The van der Waals surface area contributed by atoms with Crippen molar-refractivity contribution in [2.45, 2.75) is 44.4 Å². The van der Waals surface area contributed by atoms with Gasteiger partial charge in [0.15, 0.2) is 0 Å². The number of rotatable bonds is 2.